The molecular weight excluding hydrogens is 1020 g/mol. The summed E-state index contributed by atoms with van der Waals surface area (Å²) in [6.45, 7) is 4.38. The Morgan fingerprint density at radius 2 is 0.675 bits per heavy atom. The molecule has 0 fully saturated rings. The summed E-state index contributed by atoms with van der Waals surface area (Å²) in [5.74, 6) is -1.59. The fourth-order valence-electron chi connectivity index (χ4n) is 8.09. The third-order valence-electron chi connectivity index (χ3n) is 12.9. The molecule has 0 aliphatic rings. The van der Waals surface area contributed by atoms with E-state index in [9.17, 15) is 28.9 Å². The molecule has 0 spiro atoms. The Morgan fingerprint density at radius 3 is 1.07 bits per heavy atom. The summed E-state index contributed by atoms with van der Waals surface area (Å²) in [6, 6.07) is 0. The standard InChI is InChI=1S/C68H113O11P/c1-4-7-10-13-16-19-22-25-28-30-32-34-37-39-42-45-48-51-54-57-66(70)75-61-65(79-68(72)59-56-53-50-47-44-41-38-35-33-31-29-26-23-20-17-14-11-8-5-2)63-77-80(73,74)76-62-64(60-69)78-67(71)58-55-52-49-46-43-40-36-27-24-21-18-15-12-9-6-3/h8,11,16-21,25-29,33,35-36,41,44,50,53,64-65,69H,4-7,9-10,12-15,22-24,30-32,34,37-40,42-43,45-49,51-52,54-63H2,1-3H3,(H,73,74)/b11-8-,19-16-,20-17-,21-18-,28-25-,29-26-,35-33-,36-27-,44-41-,53-50-. The number of aliphatic hydroxyl groups is 1. The number of hydrogen-bond acceptors (Lipinski definition) is 10. The van der Waals surface area contributed by atoms with E-state index in [4.69, 9.17) is 23.3 Å². The topological polar surface area (TPSA) is 155 Å². The molecule has 0 aliphatic heterocycles. The lowest BCUT2D eigenvalue weighted by molar-refractivity contribution is -0.161. The summed E-state index contributed by atoms with van der Waals surface area (Å²) in [4.78, 5) is 48.7. The number of esters is 3. The lowest BCUT2D eigenvalue weighted by atomic mass is 10.1. The van der Waals surface area contributed by atoms with E-state index in [0.29, 0.717) is 25.7 Å². The van der Waals surface area contributed by atoms with Crippen molar-refractivity contribution in [1.82, 2.24) is 0 Å². The van der Waals surface area contributed by atoms with Gasteiger partial charge in [-0.1, -0.05) is 232 Å². The maximum absolute atomic E-state index is 12.9. The molecule has 0 heterocycles. The molecule has 11 nitrogen and oxygen atoms in total. The van der Waals surface area contributed by atoms with Gasteiger partial charge in [-0.05, 0) is 122 Å². The van der Waals surface area contributed by atoms with Crippen LogP contribution < -0.4 is 0 Å². The second kappa shape index (κ2) is 61.0. The molecule has 0 rings (SSSR count). The molecule has 456 valence electrons. The molecule has 0 amide bonds. The van der Waals surface area contributed by atoms with E-state index in [-0.39, 0.29) is 25.9 Å². The average Bonchev–Trinajstić information content (AvgIpc) is 3.45. The van der Waals surface area contributed by atoms with E-state index in [1.54, 1.807) is 0 Å². The second-order valence-electron chi connectivity index (χ2n) is 20.5. The van der Waals surface area contributed by atoms with Crippen LogP contribution in [0.3, 0.4) is 0 Å². The smallest absolute Gasteiger partial charge is 0.462 e. The van der Waals surface area contributed by atoms with Crippen LogP contribution in [0.1, 0.15) is 252 Å². The van der Waals surface area contributed by atoms with Gasteiger partial charge in [-0.15, -0.1) is 0 Å². The van der Waals surface area contributed by atoms with Crippen molar-refractivity contribution in [1.29, 1.82) is 0 Å². The molecule has 3 atom stereocenters. The first-order valence-electron chi connectivity index (χ1n) is 31.4. The summed E-state index contributed by atoms with van der Waals surface area (Å²) in [6.07, 6.45) is 75.9. The average molecular weight is 1140 g/mol. The molecule has 2 N–H and O–H groups in total. The fourth-order valence-corrected chi connectivity index (χ4v) is 8.87. The largest absolute Gasteiger partial charge is 0.472 e. The normalized spacial score (nSPS) is 14.1. The van der Waals surface area contributed by atoms with Gasteiger partial charge in [0.2, 0.25) is 0 Å². The lowest BCUT2D eigenvalue weighted by Gasteiger charge is -2.21. The Bertz CT molecular complexity index is 1800. The Morgan fingerprint density at radius 1 is 0.362 bits per heavy atom. The van der Waals surface area contributed by atoms with Crippen molar-refractivity contribution in [2.75, 3.05) is 26.4 Å². The quantitative estimate of drug-likeness (QED) is 0.0197. The zero-order chi connectivity index (χ0) is 58.3. The van der Waals surface area contributed by atoms with Crippen molar-refractivity contribution in [3.05, 3.63) is 122 Å². The summed E-state index contributed by atoms with van der Waals surface area (Å²) in [7, 11) is -4.78. The van der Waals surface area contributed by atoms with E-state index in [1.807, 2.05) is 12.2 Å². The number of phosphoric ester groups is 1. The number of ether oxygens (including phenoxy) is 3. The number of rotatable bonds is 57. The van der Waals surface area contributed by atoms with E-state index in [1.165, 1.54) is 77.0 Å². The van der Waals surface area contributed by atoms with Gasteiger partial charge >= 0.3 is 25.7 Å². The van der Waals surface area contributed by atoms with Crippen molar-refractivity contribution in [2.45, 2.75) is 264 Å². The minimum atomic E-state index is -4.78. The van der Waals surface area contributed by atoms with Crippen molar-refractivity contribution >= 4 is 25.7 Å². The molecule has 0 saturated carbocycles. The van der Waals surface area contributed by atoms with Gasteiger partial charge < -0.3 is 24.2 Å². The van der Waals surface area contributed by atoms with Crippen molar-refractivity contribution in [3.8, 4) is 0 Å². The molecule has 12 heteroatoms. The zero-order valence-corrected chi connectivity index (χ0v) is 51.4. The highest BCUT2D eigenvalue weighted by Gasteiger charge is 2.28. The number of aliphatic hydroxyl groups excluding tert-OH is 1. The molecule has 0 radical (unpaired) electrons. The van der Waals surface area contributed by atoms with Gasteiger partial charge in [0.1, 0.15) is 12.7 Å². The number of carbonyl (C=O) groups is 3. The van der Waals surface area contributed by atoms with Crippen molar-refractivity contribution < 1.29 is 52.2 Å². The molecule has 3 unspecified atom stereocenters. The van der Waals surface area contributed by atoms with Crippen LogP contribution in [0.4, 0.5) is 0 Å². The summed E-state index contributed by atoms with van der Waals surface area (Å²) in [5.41, 5.74) is 0. The summed E-state index contributed by atoms with van der Waals surface area (Å²) in [5, 5.41) is 9.84. The molecule has 0 saturated heterocycles. The first-order valence-corrected chi connectivity index (χ1v) is 32.9. The van der Waals surface area contributed by atoms with Crippen molar-refractivity contribution in [3.63, 3.8) is 0 Å². The van der Waals surface area contributed by atoms with Crippen LogP contribution in [0.25, 0.3) is 0 Å². The van der Waals surface area contributed by atoms with Gasteiger partial charge in [-0.2, -0.15) is 0 Å². The molecule has 0 aromatic carbocycles. The Kier molecular flexibility index (Phi) is 57.8. The minimum absolute atomic E-state index is 0.0350. The predicted octanol–water partition coefficient (Wildman–Crippen LogP) is 19.1. The summed E-state index contributed by atoms with van der Waals surface area (Å²) >= 11 is 0. The lowest BCUT2D eigenvalue weighted by Crippen LogP contribution is -2.30. The fraction of sp³-hybridized carbons (Fsp3) is 0.662. The van der Waals surface area contributed by atoms with E-state index in [0.717, 1.165) is 109 Å². The van der Waals surface area contributed by atoms with Gasteiger partial charge in [-0.3, -0.25) is 23.4 Å². The Hall–Kier alpha value is -4.12. The van der Waals surface area contributed by atoms with Crippen LogP contribution in [-0.4, -0.2) is 66.5 Å². The van der Waals surface area contributed by atoms with Crippen LogP contribution in [-0.2, 0) is 42.2 Å². The molecule has 0 bridgehead atoms. The number of allylic oxidation sites excluding steroid dienone is 20. The van der Waals surface area contributed by atoms with Gasteiger partial charge in [0.05, 0.1) is 19.8 Å². The molecular formula is C68H113O11P. The zero-order valence-electron chi connectivity index (χ0n) is 50.5. The van der Waals surface area contributed by atoms with Crippen molar-refractivity contribution in [2.24, 2.45) is 0 Å². The van der Waals surface area contributed by atoms with Crippen LogP contribution in [0.15, 0.2) is 122 Å². The number of unbranched alkanes of at least 4 members (excludes halogenated alkanes) is 20. The van der Waals surface area contributed by atoms with Gasteiger partial charge in [-0.25, -0.2) is 4.57 Å². The van der Waals surface area contributed by atoms with E-state index < -0.39 is 57.8 Å². The highest BCUT2D eigenvalue weighted by molar-refractivity contribution is 7.47. The van der Waals surface area contributed by atoms with Crippen LogP contribution in [0, 0.1) is 0 Å². The van der Waals surface area contributed by atoms with Crippen LogP contribution in [0.2, 0.25) is 0 Å². The monoisotopic (exact) mass is 1140 g/mol. The predicted molar refractivity (Wildman–Crippen MR) is 334 cm³/mol. The first-order chi connectivity index (χ1) is 39.2. The molecule has 0 aromatic rings. The van der Waals surface area contributed by atoms with Crippen LogP contribution in [0.5, 0.6) is 0 Å². The van der Waals surface area contributed by atoms with Gasteiger partial charge in [0.15, 0.2) is 6.10 Å². The van der Waals surface area contributed by atoms with Gasteiger partial charge in [0.25, 0.3) is 0 Å². The maximum Gasteiger partial charge on any atom is 0.472 e. The third kappa shape index (κ3) is 58.5. The van der Waals surface area contributed by atoms with Crippen LogP contribution >= 0.6 is 7.82 Å². The molecule has 80 heavy (non-hydrogen) atoms. The summed E-state index contributed by atoms with van der Waals surface area (Å²) < 4.78 is 39.5. The van der Waals surface area contributed by atoms with Gasteiger partial charge in [0, 0.05) is 19.3 Å². The third-order valence-corrected chi connectivity index (χ3v) is 13.8. The minimum Gasteiger partial charge on any atom is -0.462 e. The van der Waals surface area contributed by atoms with E-state index >= 15 is 0 Å². The molecule has 0 aliphatic carbocycles. The first kappa shape index (κ1) is 75.9. The number of phosphoric acid groups is 1. The van der Waals surface area contributed by atoms with E-state index in [2.05, 4.69) is 130 Å². The number of hydrogen-bond donors (Lipinski definition) is 2. The SMILES string of the molecule is CC/C=C\C/C=C\C/C=C\C/C=C\C/C=C\C/C=C\CCC(=O)OC(COC(=O)CCCCCCCCCCC/C=C\C/C=C\CCCCC)COP(=O)(O)OCC(CO)OC(=O)CCCCCCC/C=C\C/C=C\CCCCC. The molecule has 0 aromatic heterocycles. The maximum atomic E-state index is 12.9. The highest BCUT2D eigenvalue weighted by atomic mass is 31.2. The highest BCUT2D eigenvalue weighted by Crippen LogP contribution is 2.43. The Balaban J connectivity index is 4.85. The Labute approximate surface area is 487 Å². The number of carbonyl (C=O) groups excluding carboxylic acids is 3. The second-order valence-corrected chi connectivity index (χ2v) is 21.9.